The van der Waals surface area contributed by atoms with Crippen molar-refractivity contribution in [1.82, 2.24) is 10.4 Å². The molecule has 0 aliphatic carbocycles. The van der Waals surface area contributed by atoms with Crippen LogP contribution in [0.3, 0.4) is 0 Å². The summed E-state index contributed by atoms with van der Waals surface area (Å²) in [5, 5.41) is 0. The molecule has 2 unspecified atom stereocenters. The number of hydrogen-bond donors (Lipinski definition) is 2. The first-order valence-electron chi connectivity index (χ1n) is 5.97. The summed E-state index contributed by atoms with van der Waals surface area (Å²) < 4.78 is 6.57. The van der Waals surface area contributed by atoms with E-state index in [1.807, 2.05) is 12.3 Å². The Bertz CT molecular complexity index is 379. The third-order valence-corrected chi connectivity index (χ3v) is 3.34. The summed E-state index contributed by atoms with van der Waals surface area (Å²) in [6.45, 7) is 6.43. The Kier molecular flexibility index (Phi) is 5.72. The molecule has 2 atom stereocenters. The van der Waals surface area contributed by atoms with Gasteiger partial charge in [-0.15, -0.1) is 0 Å². The van der Waals surface area contributed by atoms with Crippen LogP contribution in [0, 0.1) is 5.41 Å². The smallest absolute Gasteiger partial charge is 0.0789 e. The highest BCUT2D eigenvalue weighted by molar-refractivity contribution is 9.10. The number of pyridine rings is 1. The molecule has 0 saturated heterocycles. The predicted octanol–water partition coefficient (Wildman–Crippen LogP) is 2.28. The van der Waals surface area contributed by atoms with Crippen molar-refractivity contribution in [2.45, 2.75) is 39.3 Å². The van der Waals surface area contributed by atoms with Crippen molar-refractivity contribution in [3.63, 3.8) is 0 Å². The number of ether oxygens (including phenoxy) is 1. The van der Waals surface area contributed by atoms with Crippen molar-refractivity contribution in [3.8, 4) is 0 Å². The highest BCUT2D eigenvalue weighted by Gasteiger charge is 2.31. The lowest BCUT2D eigenvalue weighted by atomic mass is 9.83. The average molecular weight is 316 g/mol. The SMILES string of the molecule is COC(C(Cc1cncc(Br)c1)NN)C(C)(C)C. The fraction of sp³-hybridized carbons (Fsp3) is 0.615. The Balaban J connectivity index is 2.84. The van der Waals surface area contributed by atoms with Gasteiger partial charge in [0.25, 0.3) is 0 Å². The lowest BCUT2D eigenvalue weighted by Crippen LogP contribution is -2.51. The highest BCUT2D eigenvalue weighted by atomic mass is 79.9. The number of hydrogen-bond acceptors (Lipinski definition) is 4. The third-order valence-electron chi connectivity index (χ3n) is 2.90. The average Bonchev–Trinajstić information content (AvgIpc) is 2.26. The second-order valence-electron chi connectivity index (χ2n) is 5.51. The summed E-state index contributed by atoms with van der Waals surface area (Å²) in [6.07, 6.45) is 4.43. The molecule has 1 aromatic rings. The van der Waals surface area contributed by atoms with E-state index in [2.05, 4.69) is 47.1 Å². The highest BCUT2D eigenvalue weighted by Crippen LogP contribution is 2.26. The summed E-state index contributed by atoms with van der Waals surface area (Å²) in [5.74, 6) is 5.67. The van der Waals surface area contributed by atoms with Gasteiger partial charge in [0.1, 0.15) is 0 Å². The minimum atomic E-state index is 0.0191. The van der Waals surface area contributed by atoms with Crippen molar-refractivity contribution in [1.29, 1.82) is 0 Å². The van der Waals surface area contributed by atoms with Crippen LogP contribution >= 0.6 is 15.9 Å². The Labute approximate surface area is 117 Å². The van der Waals surface area contributed by atoms with E-state index in [0.29, 0.717) is 0 Å². The molecule has 0 amide bonds. The molecule has 0 bridgehead atoms. The maximum Gasteiger partial charge on any atom is 0.0789 e. The Morgan fingerprint density at radius 3 is 2.56 bits per heavy atom. The largest absolute Gasteiger partial charge is 0.379 e. The number of nitrogens with zero attached hydrogens (tertiary/aromatic N) is 1. The van der Waals surface area contributed by atoms with Gasteiger partial charge in [0, 0.05) is 24.0 Å². The molecule has 0 aliphatic heterocycles. The molecule has 0 aromatic carbocycles. The van der Waals surface area contributed by atoms with E-state index >= 15 is 0 Å². The Morgan fingerprint density at radius 2 is 2.11 bits per heavy atom. The van der Waals surface area contributed by atoms with Gasteiger partial charge in [0.05, 0.1) is 12.1 Å². The normalized spacial score (nSPS) is 15.4. The predicted molar refractivity (Wildman–Crippen MR) is 77.0 cm³/mol. The molecule has 3 N–H and O–H groups in total. The van der Waals surface area contributed by atoms with Gasteiger partial charge in [-0.2, -0.15) is 0 Å². The Hall–Kier alpha value is -0.490. The third kappa shape index (κ3) is 4.31. The van der Waals surface area contributed by atoms with E-state index in [0.717, 1.165) is 16.5 Å². The van der Waals surface area contributed by atoms with Gasteiger partial charge < -0.3 is 4.74 Å². The number of rotatable bonds is 5. The summed E-state index contributed by atoms with van der Waals surface area (Å²) in [5.41, 5.74) is 4.00. The molecule has 0 radical (unpaired) electrons. The van der Waals surface area contributed by atoms with Crippen molar-refractivity contribution in [3.05, 3.63) is 28.5 Å². The molecule has 1 rings (SSSR count). The number of hydrazine groups is 1. The van der Waals surface area contributed by atoms with Crippen LogP contribution in [0.2, 0.25) is 0 Å². The molecule has 18 heavy (non-hydrogen) atoms. The number of methoxy groups -OCH3 is 1. The van der Waals surface area contributed by atoms with E-state index in [9.17, 15) is 0 Å². The van der Waals surface area contributed by atoms with Crippen molar-refractivity contribution < 1.29 is 4.74 Å². The van der Waals surface area contributed by atoms with Crippen LogP contribution < -0.4 is 11.3 Å². The van der Waals surface area contributed by atoms with Crippen LogP contribution in [-0.4, -0.2) is 24.2 Å². The monoisotopic (exact) mass is 315 g/mol. The standard InChI is InChI=1S/C13H22BrN3O/c1-13(2,3)12(18-4)11(17-15)6-9-5-10(14)8-16-7-9/h5,7-8,11-12,17H,6,15H2,1-4H3. The number of nitrogens with one attached hydrogen (secondary N) is 1. The van der Waals surface area contributed by atoms with E-state index in [4.69, 9.17) is 10.6 Å². The first-order valence-corrected chi connectivity index (χ1v) is 6.76. The summed E-state index contributed by atoms with van der Waals surface area (Å²) in [7, 11) is 1.72. The van der Waals surface area contributed by atoms with Crippen LogP contribution in [0.4, 0.5) is 0 Å². The minimum Gasteiger partial charge on any atom is -0.379 e. The van der Waals surface area contributed by atoms with Gasteiger partial charge in [-0.3, -0.25) is 16.3 Å². The zero-order valence-electron chi connectivity index (χ0n) is 11.4. The Morgan fingerprint density at radius 1 is 1.44 bits per heavy atom. The molecular weight excluding hydrogens is 294 g/mol. The molecular formula is C13H22BrN3O. The van der Waals surface area contributed by atoms with Crippen LogP contribution in [-0.2, 0) is 11.2 Å². The fourth-order valence-electron chi connectivity index (χ4n) is 2.20. The molecule has 102 valence electrons. The van der Waals surface area contributed by atoms with E-state index in [-0.39, 0.29) is 17.6 Å². The number of halogens is 1. The minimum absolute atomic E-state index is 0.0191. The molecule has 0 aliphatic rings. The molecule has 0 spiro atoms. The summed E-state index contributed by atoms with van der Waals surface area (Å²) in [4.78, 5) is 4.16. The number of nitrogens with two attached hydrogens (primary N) is 1. The topological polar surface area (TPSA) is 60.2 Å². The quantitative estimate of drug-likeness (QED) is 0.646. The maximum atomic E-state index is 5.67. The van der Waals surface area contributed by atoms with Gasteiger partial charge in [-0.1, -0.05) is 20.8 Å². The van der Waals surface area contributed by atoms with Crippen LogP contribution in [0.25, 0.3) is 0 Å². The van der Waals surface area contributed by atoms with Gasteiger partial charge in [-0.05, 0) is 39.4 Å². The van der Waals surface area contributed by atoms with Gasteiger partial charge in [-0.25, -0.2) is 0 Å². The first-order chi connectivity index (χ1) is 8.38. The molecule has 1 heterocycles. The molecule has 4 nitrogen and oxygen atoms in total. The molecule has 0 saturated carbocycles. The van der Waals surface area contributed by atoms with E-state index < -0.39 is 0 Å². The zero-order valence-corrected chi connectivity index (χ0v) is 13.0. The van der Waals surface area contributed by atoms with Crippen molar-refractivity contribution >= 4 is 15.9 Å². The second-order valence-corrected chi connectivity index (χ2v) is 6.43. The van der Waals surface area contributed by atoms with Gasteiger partial charge in [0.2, 0.25) is 0 Å². The summed E-state index contributed by atoms with van der Waals surface area (Å²) in [6, 6.07) is 2.10. The van der Waals surface area contributed by atoms with Crippen LogP contribution in [0.1, 0.15) is 26.3 Å². The van der Waals surface area contributed by atoms with Crippen molar-refractivity contribution in [2.24, 2.45) is 11.3 Å². The molecule has 0 fully saturated rings. The fourth-order valence-corrected chi connectivity index (χ4v) is 2.61. The first kappa shape index (κ1) is 15.6. The van der Waals surface area contributed by atoms with Crippen molar-refractivity contribution in [2.75, 3.05) is 7.11 Å². The number of aromatic nitrogens is 1. The van der Waals surface area contributed by atoms with Gasteiger partial charge >= 0.3 is 0 Å². The molecule has 5 heteroatoms. The lowest BCUT2D eigenvalue weighted by molar-refractivity contribution is -0.0110. The van der Waals surface area contributed by atoms with E-state index in [1.54, 1.807) is 13.3 Å². The van der Waals surface area contributed by atoms with Gasteiger partial charge in [0.15, 0.2) is 0 Å². The zero-order chi connectivity index (χ0) is 13.8. The maximum absolute atomic E-state index is 5.67. The van der Waals surface area contributed by atoms with Crippen LogP contribution in [0.15, 0.2) is 22.9 Å². The van der Waals surface area contributed by atoms with Crippen LogP contribution in [0.5, 0.6) is 0 Å². The summed E-state index contributed by atoms with van der Waals surface area (Å²) >= 11 is 3.42. The van der Waals surface area contributed by atoms with E-state index in [1.165, 1.54) is 0 Å². The second kappa shape index (κ2) is 6.61. The lowest BCUT2D eigenvalue weighted by Gasteiger charge is -2.35. The molecule has 1 aromatic heterocycles.